The SMILES string of the molecule is CCc1nn(CC)c(COc2cccc(C(C)=O)c2)c1Cl. The van der Waals surface area contributed by atoms with Crippen molar-refractivity contribution in [1.82, 2.24) is 9.78 Å². The minimum atomic E-state index is 0.0188. The molecule has 0 fully saturated rings. The van der Waals surface area contributed by atoms with E-state index in [0.717, 1.165) is 24.4 Å². The number of hydrogen-bond acceptors (Lipinski definition) is 3. The van der Waals surface area contributed by atoms with Crippen molar-refractivity contribution >= 4 is 17.4 Å². The number of benzene rings is 1. The van der Waals surface area contributed by atoms with Gasteiger partial charge in [0, 0.05) is 12.1 Å². The first kappa shape index (κ1) is 15.6. The zero-order valence-electron chi connectivity index (χ0n) is 12.5. The minimum absolute atomic E-state index is 0.0188. The Bertz CT molecular complexity index is 650. The summed E-state index contributed by atoms with van der Waals surface area (Å²) in [7, 11) is 0. The molecule has 0 saturated carbocycles. The van der Waals surface area contributed by atoms with Crippen LogP contribution in [0.4, 0.5) is 0 Å². The average molecular weight is 307 g/mol. The molecule has 21 heavy (non-hydrogen) atoms. The van der Waals surface area contributed by atoms with Gasteiger partial charge < -0.3 is 4.74 Å². The summed E-state index contributed by atoms with van der Waals surface area (Å²) in [5.74, 6) is 0.672. The molecule has 0 amide bonds. The second-order valence-electron chi connectivity index (χ2n) is 4.75. The number of aryl methyl sites for hydroxylation is 2. The fourth-order valence-electron chi connectivity index (χ4n) is 2.11. The first-order valence-electron chi connectivity index (χ1n) is 7.04. The number of Topliss-reactive ketones (excluding diaryl/α,β-unsaturated/α-hetero) is 1. The van der Waals surface area contributed by atoms with Crippen LogP contribution in [0.25, 0.3) is 0 Å². The van der Waals surface area contributed by atoms with E-state index >= 15 is 0 Å². The van der Waals surface area contributed by atoms with Gasteiger partial charge in [0.05, 0.1) is 16.4 Å². The molecule has 1 aromatic carbocycles. The van der Waals surface area contributed by atoms with Gasteiger partial charge in [0.2, 0.25) is 0 Å². The van der Waals surface area contributed by atoms with E-state index in [1.165, 1.54) is 6.92 Å². The summed E-state index contributed by atoms with van der Waals surface area (Å²) in [5, 5.41) is 5.12. The van der Waals surface area contributed by atoms with E-state index < -0.39 is 0 Å². The van der Waals surface area contributed by atoms with Crippen LogP contribution in [-0.2, 0) is 19.6 Å². The Labute approximate surface area is 129 Å². The molecule has 4 nitrogen and oxygen atoms in total. The number of nitrogens with zero attached hydrogens (tertiary/aromatic N) is 2. The highest BCUT2D eigenvalue weighted by Crippen LogP contribution is 2.23. The summed E-state index contributed by atoms with van der Waals surface area (Å²) in [6.45, 7) is 6.65. The summed E-state index contributed by atoms with van der Waals surface area (Å²) in [5.41, 5.74) is 2.38. The topological polar surface area (TPSA) is 44.1 Å². The molecule has 5 heteroatoms. The number of ether oxygens (including phenoxy) is 1. The van der Waals surface area contributed by atoms with Gasteiger partial charge in [-0.15, -0.1) is 0 Å². The van der Waals surface area contributed by atoms with Gasteiger partial charge in [-0.05, 0) is 32.4 Å². The molecule has 0 aliphatic rings. The van der Waals surface area contributed by atoms with Gasteiger partial charge in [-0.25, -0.2) is 0 Å². The lowest BCUT2D eigenvalue weighted by atomic mass is 10.1. The number of aromatic nitrogens is 2. The highest BCUT2D eigenvalue weighted by molar-refractivity contribution is 6.31. The van der Waals surface area contributed by atoms with Crippen molar-refractivity contribution in [3.63, 3.8) is 0 Å². The Morgan fingerprint density at radius 1 is 1.38 bits per heavy atom. The van der Waals surface area contributed by atoms with Crippen LogP contribution in [0, 0.1) is 0 Å². The molecule has 112 valence electrons. The minimum Gasteiger partial charge on any atom is -0.487 e. The summed E-state index contributed by atoms with van der Waals surface area (Å²) >= 11 is 6.34. The van der Waals surface area contributed by atoms with Crippen LogP contribution in [0.5, 0.6) is 5.75 Å². The van der Waals surface area contributed by atoms with Gasteiger partial charge in [-0.1, -0.05) is 30.7 Å². The smallest absolute Gasteiger partial charge is 0.159 e. The Morgan fingerprint density at radius 3 is 2.76 bits per heavy atom. The van der Waals surface area contributed by atoms with Crippen LogP contribution in [0.1, 0.15) is 42.5 Å². The lowest BCUT2D eigenvalue weighted by molar-refractivity contribution is 0.101. The van der Waals surface area contributed by atoms with Crippen LogP contribution in [0.2, 0.25) is 5.02 Å². The van der Waals surface area contributed by atoms with Crippen molar-refractivity contribution in [3.05, 3.63) is 46.2 Å². The van der Waals surface area contributed by atoms with Gasteiger partial charge in [0.25, 0.3) is 0 Å². The zero-order chi connectivity index (χ0) is 15.4. The summed E-state index contributed by atoms with van der Waals surface area (Å²) in [6, 6.07) is 7.15. The maximum atomic E-state index is 11.4. The summed E-state index contributed by atoms with van der Waals surface area (Å²) < 4.78 is 7.62. The molecular formula is C16H19ClN2O2. The molecule has 1 heterocycles. The molecule has 0 unspecified atom stereocenters. The monoisotopic (exact) mass is 306 g/mol. The van der Waals surface area contributed by atoms with Crippen LogP contribution in [0.3, 0.4) is 0 Å². The molecule has 0 saturated heterocycles. The molecule has 0 N–H and O–H groups in total. The number of rotatable bonds is 6. The zero-order valence-corrected chi connectivity index (χ0v) is 13.3. The highest BCUT2D eigenvalue weighted by Gasteiger charge is 2.14. The van der Waals surface area contributed by atoms with Gasteiger partial charge in [0.1, 0.15) is 12.4 Å². The third-order valence-electron chi connectivity index (χ3n) is 3.31. The number of halogens is 1. The first-order valence-corrected chi connectivity index (χ1v) is 7.42. The van der Waals surface area contributed by atoms with Crippen LogP contribution >= 0.6 is 11.6 Å². The van der Waals surface area contributed by atoms with Crippen LogP contribution in [0.15, 0.2) is 24.3 Å². The summed E-state index contributed by atoms with van der Waals surface area (Å²) in [6.07, 6.45) is 0.790. The molecule has 0 bridgehead atoms. The molecule has 2 rings (SSSR count). The van der Waals surface area contributed by atoms with Crippen molar-refractivity contribution in [2.24, 2.45) is 0 Å². The number of ketones is 1. The van der Waals surface area contributed by atoms with E-state index in [9.17, 15) is 4.79 Å². The van der Waals surface area contributed by atoms with E-state index in [0.29, 0.717) is 22.9 Å². The van der Waals surface area contributed by atoms with E-state index in [4.69, 9.17) is 16.3 Å². The average Bonchev–Trinajstić information content (AvgIpc) is 2.81. The Morgan fingerprint density at radius 2 is 2.14 bits per heavy atom. The second-order valence-corrected chi connectivity index (χ2v) is 5.13. The van der Waals surface area contributed by atoms with Crippen molar-refractivity contribution in [2.45, 2.75) is 40.3 Å². The quantitative estimate of drug-likeness (QED) is 0.760. The number of hydrogen-bond donors (Lipinski definition) is 0. The molecule has 0 atom stereocenters. The molecule has 2 aromatic rings. The van der Waals surface area contributed by atoms with Crippen molar-refractivity contribution in [2.75, 3.05) is 0 Å². The van der Waals surface area contributed by atoms with Crippen LogP contribution < -0.4 is 4.74 Å². The maximum absolute atomic E-state index is 11.4. The molecule has 1 aromatic heterocycles. The standard InChI is InChI=1S/C16H19ClN2O2/c1-4-14-16(17)15(19(5-2)18-14)10-21-13-8-6-7-12(9-13)11(3)20/h6-9H,4-5,10H2,1-3H3. The van der Waals surface area contributed by atoms with Gasteiger partial charge in [-0.2, -0.15) is 5.10 Å². The van der Waals surface area contributed by atoms with E-state index in [2.05, 4.69) is 5.10 Å². The fraction of sp³-hybridized carbons (Fsp3) is 0.375. The van der Waals surface area contributed by atoms with Gasteiger partial charge in [-0.3, -0.25) is 9.48 Å². The summed E-state index contributed by atoms with van der Waals surface area (Å²) in [4.78, 5) is 11.4. The Kier molecular flexibility index (Phi) is 5.02. The molecule has 0 spiro atoms. The third-order valence-corrected chi connectivity index (χ3v) is 3.75. The largest absolute Gasteiger partial charge is 0.487 e. The molecular weight excluding hydrogens is 288 g/mol. The molecule has 0 aliphatic carbocycles. The van der Waals surface area contributed by atoms with E-state index in [1.807, 2.05) is 30.7 Å². The Balaban J connectivity index is 2.18. The van der Waals surface area contributed by atoms with Gasteiger partial charge in [0.15, 0.2) is 5.78 Å². The number of carbonyl (C=O) groups is 1. The van der Waals surface area contributed by atoms with Crippen molar-refractivity contribution < 1.29 is 9.53 Å². The second kappa shape index (κ2) is 6.76. The highest BCUT2D eigenvalue weighted by atomic mass is 35.5. The van der Waals surface area contributed by atoms with Crippen molar-refractivity contribution in [3.8, 4) is 5.75 Å². The fourth-order valence-corrected chi connectivity index (χ4v) is 2.44. The first-order chi connectivity index (χ1) is 10.1. The third kappa shape index (κ3) is 3.45. The predicted molar refractivity (Wildman–Crippen MR) is 83.1 cm³/mol. The lowest BCUT2D eigenvalue weighted by Gasteiger charge is -2.09. The Hall–Kier alpha value is -1.81. The van der Waals surface area contributed by atoms with E-state index in [-0.39, 0.29) is 5.78 Å². The predicted octanol–water partition coefficient (Wildman–Crippen LogP) is 3.90. The van der Waals surface area contributed by atoms with Crippen LogP contribution in [-0.4, -0.2) is 15.6 Å². The van der Waals surface area contributed by atoms with Gasteiger partial charge >= 0.3 is 0 Å². The maximum Gasteiger partial charge on any atom is 0.159 e. The van der Waals surface area contributed by atoms with Crippen molar-refractivity contribution in [1.29, 1.82) is 0 Å². The normalized spacial score (nSPS) is 10.7. The molecule has 0 aliphatic heterocycles. The number of carbonyl (C=O) groups excluding carboxylic acids is 1. The lowest BCUT2D eigenvalue weighted by Crippen LogP contribution is -2.06. The molecule has 0 radical (unpaired) electrons. The van der Waals surface area contributed by atoms with E-state index in [1.54, 1.807) is 12.1 Å².